The van der Waals surface area contributed by atoms with Gasteiger partial charge in [0.05, 0.1) is 5.56 Å². The molecule has 1 aromatic carbocycles. The molecule has 0 bridgehead atoms. The summed E-state index contributed by atoms with van der Waals surface area (Å²) in [5.74, 6) is 0.712. The molecule has 3 rings (SSSR count). The molecule has 0 aliphatic heterocycles. The van der Waals surface area contributed by atoms with E-state index in [-0.39, 0.29) is 0 Å². The third-order valence-corrected chi connectivity index (χ3v) is 3.00. The van der Waals surface area contributed by atoms with Crippen LogP contribution in [0.3, 0.4) is 0 Å². The van der Waals surface area contributed by atoms with Gasteiger partial charge in [0, 0.05) is 12.4 Å². The molecule has 0 aliphatic carbocycles. The third kappa shape index (κ3) is 2.46. The van der Waals surface area contributed by atoms with Gasteiger partial charge in [0.1, 0.15) is 11.7 Å². The topological polar surface area (TPSA) is 64.7 Å². The Labute approximate surface area is 114 Å². The number of nitrogens with zero attached hydrogens (tertiary/aromatic N) is 4. The summed E-state index contributed by atoms with van der Waals surface area (Å²) in [6, 6.07) is 9.56. The summed E-state index contributed by atoms with van der Waals surface area (Å²) in [5, 5.41) is 7.45. The average molecular weight is 273 g/mol. The molecule has 0 saturated carbocycles. The lowest BCUT2D eigenvalue weighted by molar-refractivity contribution is 0.513. The molecule has 0 amide bonds. The van der Waals surface area contributed by atoms with Crippen LogP contribution in [0.15, 0.2) is 53.5 Å². The third-order valence-electron chi connectivity index (χ3n) is 2.56. The van der Waals surface area contributed by atoms with E-state index in [1.807, 2.05) is 30.3 Å². The Morgan fingerprint density at radius 2 is 1.74 bits per heavy atom. The van der Waals surface area contributed by atoms with E-state index in [0.717, 1.165) is 5.56 Å². The first-order chi connectivity index (χ1) is 9.34. The molecule has 0 radical (unpaired) electrons. The number of benzene rings is 1. The van der Waals surface area contributed by atoms with Gasteiger partial charge >= 0.3 is 0 Å². The van der Waals surface area contributed by atoms with Crippen molar-refractivity contribution in [3.05, 3.63) is 60.5 Å². The zero-order valence-electron chi connectivity index (χ0n) is 9.77. The van der Waals surface area contributed by atoms with Crippen LogP contribution in [0.1, 0.15) is 16.8 Å². The molecule has 0 aliphatic rings. The molecule has 3 aromatic rings. The number of halogens is 1. The first kappa shape index (κ1) is 11.8. The van der Waals surface area contributed by atoms with Crippen LogP contribution >= 0.6 is 11.6 Å². The minimum atomic E-state index is -0.466. The van der Waals surface area contributed by atoms with Gasteiger partial charge in [0.25, 0.3) is 5.89 Å². The van der Waals surface area contributed by atoms with Gasteiger partial charge in [-0.15, -0.1) is 21.8 Å². The molecule has 5 nitrogen and oxygen atoms in total. The average Bonchev–Trinajstić information content (AvgIpc) is 2.98. The van der Waals surface area contributed by atoms with E-state index in [4.69, 9.17) is 16.0 Å². The molecule has 19 heavy (non-hydrogen) atoms. The van der Waals surface area contributed by atoms with Gasteiger partial charge in [-0.1, -0.05) is 30.3 Å². The zero-order valence-corrected chi connectivity index (χ0v) is 10.5. The van der Waals surface area contributed by atoms with E-state index in [9.17, 15) is 0 Å². The second kappa shape index (κ2) is 5.16. The van der Waals surface area contributed by atoms with Crippen molar-refractivity contribution in [2.75, 3.05) is 0 Å². The number of hydrogen-bond donors (Lipinski definition) is 0. The molecule has 2 heterocycles. The lowest BCUT2D eigenvalue weighted by atomic mass is 10.1. The molecule has 0 saturated heterocycles. The first-order valence-corrected chi connectivity index (χ1v) is 6.06. The molecule has 0 N–H and O–H groups in total. The van der Waals surface area contributed by atoms with Crippen LogP contribution in [0.2, 0.25) is 0 Å². The molecule has 2 aromatic heterocycles. The summed E-state index contributed by atoms with van der Waals surface area (Å²) in [6.07, 6.45) is 4.65. The summed E-state index contributed by atoms with van der Waals surface area (Å²) in [4.78, 5) is 7.80. The summed E-state index contributed by atoms with van der Waals surface area (Å²) < 4.78 is 5.55. The van der Waals surface area contributed by atoms with Gasteiger partial charge in [-0.05, 0) is 5.56 Å². The first-order valence-electron chi connectivity index (χ1n) is 5.62. The molecule has 6 heteroatoms. The maximum atomic E-state index is 6.30. The van der Waals surface area contributed by atoms with Crippen molar-refractivity contribution in [1.29, 1.82) is 0 Å². The largest absolute Gasteiger partial charge is 0.419 e. The molecular formula is C13H9ClN4O. The van der Waals surface area contributed by atoms with Crippen LogP contribution in [0.4, 0.5) is 0 Å². The van der Waals surface area contributed by atoms with Crippen LogP contribution < -0.4 is 0 Å². The summed E-state index contributed by atoms with van der Waals surface area (Å²) >= 11 is 6.30. The normalized spacial score (nSPS) is 12.3. The number of aromatic nitrogens is 4. The Bertz CT molecular complexity index is 657. The second-order valence-corrected chi connectivity index (χ2v) is 4.28. The smallest absolute Gasteiger partial charge is 0.250 e. The number of alkyl halides is 1. The quantitative estimate of drug-likeness (QED) is 0.686. The van der Waals surface area contributed by atoms with Crippen molar-refractivity contribution in [2.45, 2.75) is 5.38 Å². The van der Waals surface area contributed by atoms with Crippen molar-refractivity contribution < 1.29 is 4.42 Å². The maximum absolute atomic E-state index is 6.30. The molecule has 0 spiro atoms. The fourth-order valence-corrected chi connectivity index (χ4v) is 1.86. The van der Waals surface area contributed by atoms with Gasteiger partial charge in [-0.2, -0.15) is 0 Å². The number of hydrogen-bond acceptors (Lipinski definition) is 5. The highest BCUT2D eigenvalue weighted by Crippen LogP contribution is 2.29. The Hall–Kier alpha value is -2.27. The SMILES string of the molecule is ClC(c1ccccc1)c1nnc(-c2cncnc2)o1. The molecule has 0 fully saturated rings. The minimum absolute atomic E-state index is 0.353. The highest BCUT2D eigenvalue weighted by molar-refractivity contribution is 6.22. The Kier molecular flexibility index (Phi) is 3.20. The Balaban J connectivity index is 1.90. The van der Waals surface area contributed by atoms with Crippen LogP contribution in [0, 0.1) is 0 Å². The van der Waals surface area contributed by atoms with Crippen molar-refractivity contribution in [3.63, 3.8) is 0 Å². The van der Waals surface area contributed by atoms with E-state index in [0.29, 0.717) is 17.3 Å². The standard InChI is InChI=1S/C13H9ClN4O/c14-11(9-4-2-1-3-5-9)13-18-17-12(19-13)10-6-15-8-16-7-10/h1-8,11H. The van der Waals surface area contributed by atoms with E-state index < -0.39 is 5.38 Å². The fourth-order valence-electron chi connectivity index (χ4n) is 1.63. The Morgan fingerprint density at radius 3 is 2.47 bits per heavy atom. The lowest BCUT2D eigenvalue weighted by Crippen LogP contribution is -1.92. The number of rotatable bonds is 3. The van der Waals surface area contributed by atoms with E-state index in [2.05, 4.69) is 20.2 Å². The minimum Gasteiger partial charge on any atom is -0.419 e. The van der Waals surface area contributed by atoms with Crippen molar-refractivity contribution >= 4 is 11.6 Å². The predicted molar refractivity (Wildman–Crippen MR) is 69.5 cm³/mol. The van der Waals surface area contributed by atoms with E-state index in [1.54, 1.807) is 12.4 Å². The highest BCUT2D eigenvalue weighted by Gasteiger charge is 2.18. The van der Waals surface area contributed by atoms with Crippen LogP contribution in [0.25, 0.3) is 11.5 Å². The monoisotopic (exact) mass is 272 g/mol. The predicted octanol–water partition coefficient (Wildman–Crippen LogP) is 2.85. The lowest BCUT2D eigenvalue weighted by Gasteiger charge is -2.03. The van der Waals surface area contributed by atoms with Crippen LogP contribution in [0.5, 0.6) is 0 Å². The second-order valence-electron chi connectivity index (χ2n) is 3.85. The van der Waals surface area contributed by atoms with Crippen LogP contribution in [-0.4, -0.2) is 20.2 Å². The summed E-state index contributed by atoms with van der Waals surface area (Å²) in [5.41, 5.74) is 1.57. The fraction of sp³-hybridized carbons (Fsp3) is 0.0769. The van der Waals surface area contributed by atoms with Gasteiger partial charge < -0.3 is 4.42 Å². The highest BCUT2D eigenvalue weighted by atomic mass is 35.5. The molecular weight excluding hydrogens is 264 g/mol. The summed E-state index contributed by atoms with van der Waals surface area (Å²) in [6.45, 7) is 0. The van der Waals surface area contributed by atoms with Crippen molar-refractivity contribution in [3.8, 4) is 11.5 Å². The summed E-state index contributed by atoms with van der Waals surface area (Å²) in [7, 11) is 0. The Morgan fingerprint density at radius 1 is 1.00 bits per heavy atom. The maximum Gasteiger partial charge on any atom is 0.250 e. The molecule has 1 unspecified atom stereocenters. The van der Waals surface area contributed by atoms with E-state index in [1.165, 1.54) is 6.33 Å². The van der Waals surface area contributed by atoms with Gasteiger partial charge in [0.15, 0.2) is 0 Å². The van der Waals surface area contributed by atoms with E-state index >= 15 is 0 Å². The molecule has 94 valence electrons. The van der Waals surface area contributed by atoms with Crippen molar-refractivity contribution in [2.24, 2.45) is 0 Å². The van der Waals surface area contributed by atoms with Gasteiger partial charge in [-0.25, -0.2) is 9.97 Å². The van der Waals surface area contributed by atoms with Gasteiger partial charge in [-0.3, -0.25) is 0 Å². The zero-order chi connectivity index (χ0) is 13.1. The van der Waals surface area contributed by atoms with Crippen molar-refractivity contribution in [1.82, 2.24) is 20.2 Å². The van der Waals surface area contributed by atoms with Gasteiger partial charge in [0.2, 0.25) is 5.89 Å². The van der Waals surface area contributed by atoms with Crippen LogP contribution in [-0.2, 0) is 0 Å². The molecule has 1 atom stereocenters.